The monoisotopic (exact) mass is 482 g/mol. The van der Waals surface area contributed by atoms with E-state index in [1.54, 1.807) is 12.1 Å². The van der Waals surface area contributed by atoms with Gasteiger partial charge in [-0.3, -0.25) is 10.5 Å². The number of methoxy groups -OCH3 is 2. The second-order valence-corrected chi connectivity index (χ2v) is 8.77. The zero-order valence-electron chi connectivity index (χ0n) is 17.4. The number of aryl methyl sites for hydroxylation is 1. The molecule has 8 nitrogen and oxygen atoms in total. The van der Waals surface area contributed by atoms with Crippen LogP contribution >= 0.6 is 11.6 Å². The van der Waals surface area contributed by atoms with E-state index in [0.717, 1.165) is 5.56 Å². The molecular weight excluding hydrogens is 463 g/mol. The fourth-order valence-corrected chi connectivity index (χ4v) is 3.98. The summed E-state index contributed by atoms with van der Waals surface area (Å²) in [5, 5.41) is 0.0663. The van der Waals surface area contributed by atoms with Gasteiger partial charge >= 0.3 is 16.1 Å². The van der Waals surface area contributed by atoms with E-state index in [0.29, 0.717) is 0 Å². The lowest BCUT2D eigenvalue weighted by Crippen LogP contribution is -2.28. The van der Waals surface area contributed by atoms with Crippen LogP contribution in [0.3, 0.4) is 0 Å². The smallest absolute Gasteiger partial charge is 0.352 e. The summed E-state index contributed by atoms with van der Waals surface area (Å²) in [6.07, 6.45) is 1.32. The number of halogens is 2. The van der Waals surface area contributed by atoms with Crippen LogP contribution in [-0.2, 0) is 23.9 Å². The topological polar surface area (TPSA) is 103 Å². The highest BCUT2D eigenvalue weighted by molar-refractivity contribution is 7.86. The van der Waals surface area contributed by atoms with Gasteiger partial charge in [-0.1, -0.05) is 35.4 Å². The predicted octanol–water partition coefficient (Wildman–Crippen LogP) is 3.65. The number of aliphatic imine (C=N–C) groups is 1. The molecule has 0 bridgehead atoms. The SMILES string of the molecule is COC(=O)C1=NC(c2ccc(Cl)c(OC)c2F)C=C(NOS(=O)(=O)c2ccc(C)cc2)C1. The molecule has 0 amide bonds. The van der Waals surface area contributed by atoms with E-state index in [1.807, 2.05) is 6.92 Å². The number of hydrogen-bond donors (Lipinski definition) is 1. The lowest BCUT2D eigenvalue weighted by molar-refractivity contribution is -0.132. The number of hydroxylamine groups is 1. The molecule has 0 aromatic heterocycles. The van der Waals surface area contributed by atoms with Crippen molar-refractivity contribution in [3.05, 3.63) is 70.1 Å². The van der Waals surface area contributed by atoms with Crippen LogP contribution in [0.5, 0.6) is 5.75 Å². The largest absolute Gasteiger partial charge is 0.492 e. The number of carbonyl (C=O) groups excluding carboxylic acids is 1. The van der Waals surface area contributed by atoms with Gasteiger partial charge in [0.2, 0.25) is 0 Å². The first-order valence-electron chi connectivity index (χ1n) is 9.30. The summed E-state index contributed by atoms with van der Waals surface area (Å²) < 4.78 is 54.5. The Morgan fingerprint density at radius 3 is 2.50 bits per heavy atom. The quantitative estimate of drug-likeness (QED) is 0.474. The number of allylic oxidation sites excluding steroid dienone is 1. The van der Waals surface area contributed by atoms with Crippen molar-refractivity contribution in [2.75, 3.05) is 14.2 Å². The second kappa shape index (κ2) is 9.68. The van der Waals surface area contributed by atoms with Crippen molar-refractivity contribution < 1.29 is 31.4 Å². The van der Waals surface area contributed by atoms with E-state index < -0.39 is 27.9 Å². The van der Waals surface area contributed by atoms with Gasteiger partial charge in [-0.25, -0.2) is 9.18 Å². The van der Waals surface area contributed by atoms with Crippen molar-refractivity contribution in [2.45, 2.75) is 24.3 Å². The van der Waals surface area contributed by atoms with E-state index >= 15 is 0 Å². The van der Waals surface area contributed by atoms with E-state index in [-0.39, 0.29) is 39.1 Å². The van der Waals surface area contributed by atoms with Gasteiger partial charge in [0.25, 0.3) is 0 Å². The zero-order chi connectivity index (χ0) is 23.5. The highest BCUT2D eigenvalue weighted by Gasteiger charge is 2.27. The second-order valence-electron chi connectivity index (χ2n) is 6.82. The molecule has 3 rings (SSSR count). The Kier molecular flexibility index (Phi) is 7.17. The Morgan fingerprint density at radius 1 is 1.19 bits per heavy atom. The molecule has 0 fully saturated rings. The molecule has 0 saturated carbocycles. The number of rotatable bonds is 7. The Hall–Kier alpha value is -2.95. The van der Waals surface area contributed by atoms with Gasteiger partial charge in [-0.05, 0) is 31.2 Å². The molecule has 1 unspecified atom stereocenters. The van der Waals surface area contributed by atoms with Crippen LogP contribution in [0.4, 0.5) is 4.39 Å². The number of nitrogens with one attached hydrogen (secondary N) is 1. The molecule has 170 valence electrons. The first kappa shape index (κ1) is 23.7. The van der Waals surface area contributed by atoms with E-state index in [2.05, 4.69) is 10.5 Å². The molecular formula is C21H20ClFN2O6S. The molecule has 11 heteroatoms. The fourth-order valence-electron chi connectivity index (χ4n) is 2.98. The minimum atomic E-state index is -4.15. The van der Waals surface area contributed by atoms with Gasteiger partial charge in [-0.15, -0.1) is 4.28 Å². The average molecular weight is 483 g/mol. The van der Waals surface area contributed by atoms with Crippen molar-refractivity contribution >= 4 is 33.4 Å². The maximum absolute atomic E-state index is 14.9. The van der Waals surface area contributed by atoms with Gasteiger partial charge in [0.05, 0.1) is 30.2 Å². The Morgan fingerprint density at radius 2 is 1.88 bits per heavy atom. The van der Waals surface area contributed by atoms with Crippen LogP contribution in [0, 0.1) is 12.7 Å². The number of hydrogen-bond acceptors (Lipinski definition) is 8. The molecule has 1 aliphatic heterocycles. The van der Waals surface area contributed by atoms with E-state index in [9.17, 15) is 17.6 Å². The van der Waals surface area contributed by atoms with Crippen molar-refractivity contribution in [2.24, 2.45) is 4.99 Å². The van der Waals surface area contributed by atoms with Crippen molar-refractivity contribution in [3.8, 4) is 5.75 Å². The standard InChI is InChI=1S/C21H20ClFN2O6S/c1-12-4-6-14(7-5-12)32(27,28)31-25-13-10-17(24-18(11-13)21(26)30-3)15-8-9-16(22)20(29-2)19(15)23/h4-10,17,25H,11H2,1-3H3. The number of benzene rings is 2. The minimum absolute atomic E-state index is 0.0489. The number of ether oxygens (including phenoxy) is 2. The maximum Gasteiger partial charge on any atom is 0.352 e. The summed E-state index contributed by atoms with van der Waals surface area (Å²) >= 11 is 5.95. The van der Waals surface area contributed by atoms with E-state index in [4.69, 9.17) is 25.4 Å². The number of dihydropyridines is 1. The summed E-state index contributed by atoms with van der Waals surface area (Å²) in [5.41, 5.74) is 3.42. The first-order valence-corrected chi connectivity index (χ1v) is 11.1. The Bertz CT molecular complexity index is 1200. The van der Waals surface area contributed by atoms with Crippen molar-refractivity contribution in [3.63, 3.8) is 0 Å². The van der Waals surface area contributed by atoms with Crippen molar-refractivity contribution in [1.29, 1.82) is 0 Å². The molecule has 0 spiro atoms. The maximum atomic E-state index is 14.9. The number of nitrogens with zero attached hydrogens (tertiary/aromatic N) is 1. The molecule has 1 heterocycles. The Balaban J connectivity index is 1.91. The normalized spacial score (nSPS) is 16.1. The molecule has 0 aliphatic carbocycles. The molecule has 0 saturated heterocycles. The lowest BCUT2D eigenvalue weighted by Gasteiger charge is -2.21. The summed E-state index contributed by atoms with van der Waals surface area (Å²) in [4.78, 5) is 16.3. The highest BCUT2D eigenvalue weighted by atomic mass is 35.5. The van der Waals surface area contributed by atoms with Crippen molar-refractivity contribution in [1.82, 2.24) is 5.48 Å². The molecule has 2 aromatic rings. The summed E-state index contributed by atoms with van der Waals surface area (Å²) in [7, 11) is -1.70. The predicted molar refractivity (Wildman–Crippen MR) is 115 cm³/mol. The van der Waals surface area contributed by atoms with Gasteiger partial charge in [0.1, 0.15) is 5.71 Å². The van der Waals surface area contributed by atoms with Crippen LogP contribution in [0.2, 0.25) is 5.02 Å². The third-order valence-corrected chi connectivity index (χ3v) is 6.08. The van der Waals surface area contributed by atoms with Gasteiger partial charge in [0.15, 0.2) is 11.6 Å². The average Bonchev–Trinajstić information content (AvgIpc) is 2.77. The summed E-state index contributed by atoms with van der Waals surface area (Å²) in [5.74, 6) is -1.68. The third-order valence-electron chi connectivity index (χ3n) is 4.63. The Labute approximate surface area is 189 Å². The fraction of sp³-hybridized carbons (Fsp3) is 0.238. The zero-order valence-corrected chi connectivity index (χ0v) is 19.0. The first-order chi connectivity index (χ1) is 15.2. The van der Waals surface area contributed by atoms with Gasteiger partial charge in [-0.2, -0.15) is 8.42 Å². The van der Waals surface area contributed by atoms with E-state index in [1.165, 1.54) is 44.6 Å². The minimum Gasteiger partial charge on any atom is -0.492 e. The molecule has 1 aliphatic rings. The van der Waals surface area contributed by atoms with Gasteiger partial charge in [0, 0.05) is 17.7 Å². The molecule has 2 aromatic carbocycles. The van der Waals surface area contributed by atoms with Gasteiger partial charge < -0.3 is 9.47 Å². The van der Waals surface area contributed by atoms with Crippen LogP contribution in [0.15, 0.2) is 58.1 Å². The highest BCUT2D eigenvalue weighted by Crippen LogP contribution is 2.36. The molecule has 32 heavy (non-hydrogen) atoms. The molecule has 1 atom stereocenters. The lowest BCUT2D eigenvalue weighted by atomic mass is 10.00. The summed E-state index contributed by atoms with van der Waals surface area (Å²) in [6.45, 7) is 1.82. The van der Waals surface area contributed by atoms with Crippen LogP contribution in [0.25, 0.3) is 0 Å². The molecule has 0 radical (unpaired) electrons. The van der Waals surface area contributed by atoms with Crippen LogP contribution in [-0.4, -0.2) is 34.3 Å². The summed E-state index contributed by atoms with van der Waals surface area (Å²) in [6, 6.07) is 7.90. The molecule has 1 N–H and O–H groups in total. The number of carbonyl (C=O) groups is 1. The third kappa shape index (κ3) is 5.09. The van der Waals surface area contributed by atoms with Crippen LogP contribution in [0.1, 0.15) is 23.6 Å². The van der Waals surface area contributed by atoms with Crippen LogP contribution < -0.4 is 10.2 Å². The number of esters is 1.